The second kappa shape index (κ2) is 6.21. The van der Waals surface area contributed by atoms with Crippen molar-refractivity contribution in [3.8, 4) is 0 Å². The van der Waals surface area contributed by atoms with Crippen molar-refractivity contribution >= 4 is 23.6 Å². The van der Waals surface area contributed by atoms with Crippen LogP contribution in [0.1, 0.15) is 5.56 Å². The number of hydrogen-bond acceptors (Lipinski definition) is 4. The van der Waals surface area contributed by atoms with Crippen LogP contribution in [0.3, 0.4) is 0 Å². The van der Waals surface area contributed by atoms with Gasteiger partial charge in [0.2, 0.25) is 11.8 Å². The summed E-state index contributed by atoms with van der Waals surface area (Å²) in [5, 5.41) is 0. The zero-order chi connectivity index (χ0) is 14.5. The lowest BCUT2D eigenvalue weighted by molar-refractivity contribution is -0.143. The Balaban J connectivity index is 2.08. The van der Waals surface area contributed by atoms with E-state index < -0.39 is 11.9 Å². The van der Waals surface area contributed by atoms with Gasteiger partial charge in [-0.2, -0.15) is 0 Å². The van der Waals surface area contributed by atoms with Crippen molar-refractivity contribution in [2.75, 3.05) is 25.5 Å². The van der Waals surface area contributed by atoms with E-state index in [2.05, 4.69) is 0 Å². The molecule has 106 valence electrons. The average molecular weight is 275 g/mol. The van der Waals surface area contributed by atoms with E-state index >= 15 is 0 Å². The van der Waals surface area contributed by atoms with E-state index in [4.69, 9.17) is 16.2 Å². The molecule has 6 nitrogen and oxygen atoms in total. The van der Waals surface area contributed by atoms with Gasteiger partial charge in [-0.05, 0) is 23.8 Å². The number of rotatable bonds is 3. The molecule has 1 saturated heterocycles. The first kappa shape index (κ1) is 14.1. The molecule has 1 aliphatic heterocycles. The van der Waals surface area contributed by atoms with Crippen molar-refractivity contribution in [3.63, 3.8) is 0 Å². The maximum absolute atomic E-state index is 12.1. The number of ether oxygens (including phenoxy) is 1. The van der Waals surface area contributed by atoms with Crippen molar-refractivity contribution in [1.82, 2.24) is 4.90 Å². The van der Waals surface area contributed by atoms with Gasteiger partial charge in [0.1, 0.15) is 6.04 Å². The summed E-state index contributed by atoms with van der Waals surface area (Å²) in [6.45, 7) is 0.905. The zero-order valence-electron chi connectivity index (χ0n) is 11.0. The second-order valence-electron chi connectivity index (χ2n) is 4.53. The molecule has 2 amide bonds. The molecule has 1 aliphatic rings. The van der Waals surface area contributed by atoms with Crippen LogP contribution in [-0.2, 0) is 14.3 Å². The third-order valence-electron chi connectivity index (χ3n) is 3.07. The number of carbonyl (C=O) groups excluding carboxylic acids is 2. The molecule has 6 heteroatoms. The molecule has 0 aromatic heterocycles. The first-order valence-electron chi connectivity index (χ1n) is 6.29. The lowest BCUT2D eigenvalue weighted by Crippen LogP contribution is -2.54. The van der Waals surface area contributed by atoms with Crippen molar-refractivity contribution < 1.29 is 14.3 Å². The molecule has 2 rings (SSSR count). The fourth-order valence-electron chi connectivity index (χ4n) is 2.03. The first-order chi connectivity index (χ1) is 9.58. The van der Waals surface area contributed by atoms with Crippen LogP contribution in [0.15, 0.2) is 30.3 Å². The molecule has 1 heterocycles. The molecule has 0 aliphatic carbocycles. The third kappa shape index (κ3) is 3.36. The lowest BCUT2D eigenvalue weighted by Gasteiger charge is -2.32. The van der Waals surface area contributed by atoms with Crippen LogP contribution in [0.25, 0.3) is 6.08 Å². The average Bonchev–Trinajstić information content (AvgIpc) is 2.45. The summed E-state index contributed by atoms with van der Waals surface area (Å²) in [5.74, 6) is -0.824. The summed E-state index contributed by atoms with van der Waals surface area (Å²) in [4.78, 5) is 24.8. The Kier molecular flexibility index (Phi) is 4.37. The molecule has 0 spiro atoms. The molecule has 20 heavy (non-hydrogen) atoms. The number of hydrogen-bond donors (Lipinski definition) is 2. The van der Waals surface area contributed by atoms with Crippen LogP contribution in [0, 0.1) is 0 Å². The summed E-state index contributed by atoms with van der Waals surface area (Å²) in [7, 11) is 0. The SMILES string of the molecule is NC(=O)C1COCCN1C(=O)/C=C/c1cccc(N)c1. The summed E-state index contributed by atoms with van der Waals surface area (Å²) < 4.78 is 5.17. The minimum atomic E-state index is -0.707. The van der Waals surface area contributed by atoms with E-state index in [0.29, 0.717) is 18.8 Å². The minimum absolute atomic E-state index is 0.146. The highest BCUT2D eigenvalue weighted by molar-refractivity contribution is 5.95. The highest BCUT2D eigenvalue weighted by Gasteiger charge is 2.30. The fourth-order valence-corrected chi connectivity index (χ4v) is 2.03. The van der Waals surface area contributed by atoms with Crippen LogP contribution in [-0.4, -0.2) is 42.5 Å². The maximum Gasteiger partial charge on any atom is 0.247 e. The summed E-state index contributed by atoms with van der Waals surface area (Å²) in [6.07, 6.45) is 3.07. The standard InChI is InChI=1S/C14H17N3O3/c15-11-3-1-2-10(8-11)4-5-13(18)17-6-7-20-9-12(17)14(16)19/h1-5,8,12H,6-7,9,15H2,(H2,16,19)/b5-4+. The number of anilines is 1. The number of nitrogens with two attached hydrogens (primary N) is 2. The Hall–Kier alpha value is -2.34. The van der Waals surface area contributed by atoms with Crippen LogP contribution in [0.5, 0.6) is 0 Å². The van der Waals surface area contributed by atoms with Gasteiger partial charge in [0.05, 0.1) is 13.2 Å². The smallest absolute Gasteiger partial charge is 0.247 e. The van der Waals surface area contributed by atoms with E-state index in [-0.39, 0.29) is 12.5 Å². The van der Waals surface area contributed by atoms with Gasteiger partial charge >= 0.3 is 0 Å². The molecule has 1 atom stereocenters. The zero-order valence-corrected chi connectivity index (χ0v) is 11.0. The van der Waals surface area contributed by atoms with E-state index in [1.165, 1.54) is 11.0 Å². The van der Waals surface area contributed by atoms with E-state index in [1.54, 1.807) is 24.3 Å². The molecule has 1 aromatic carbocycles. The fraction of sp³-hybridized carbons (Fsp3) is 0.286. The highest BCUT2D eigenvalue weighted by Crippen LogP contribution is 2.11. The van der Waals surface area contributed by atoms with E-state index in [9.17, 15) is 9.59 Å². The summed E-state index contributed by atoms with van der Waals surface area (Å²) in [5.41, 5.74) is 12.4. The van der Waals surface area contributed by atoms with Crippen LogP contribution >= 0.6 is 0 Å². The monoisotopic (exact) mass is 275 g/mol. The Labute approximate surface area is 117 Å². The normalized spacial score (nSPS) is 19.2. The van der Waals surface area contributed by atoms with Crippen molar-refractivity contribution in [2.45, 2.75) is 6.04 Å². The largest absolute Gasteiger partial charge is 0.399 e. The van der Waals surface area contributed by atoms with Crippen molar-refractivity contribution in [3.05, 3.63) is 35.9 Å². The predicted octanol–water partition coefficient (Wildman–Crippen LogP) is -0.00530. The lowest BCUT2D eigenvalue weighted by atomic mass is 10.1. The van der Waals surface area contributed by atoms with Gasteiger partial charge in [0.25, 0.3) is 0 Å². The van der Waals surface area contributed by atoms with Crippen LogP contribution in [0.2, 0.25) is 0 Å². The van der Waals surface area contributed by atoms with Gasteiger partial charge in [0.15, 0.2) is 0 Å². The number of primary amides is 1. The second-order valence-corrected chi connectivity index (χ2v) is 4.53. The van der Waals surface area contributed by atoms with Crippen molar-refractivity contribution in [2.24, 2.45) is 5.73 Å². The van der Waals surface area contributed by atoms with Gasteiger partial charge in [-0.3, -0.25) is 9.59 Å². The molecule has 0 radical (unpaired) electrons. The molecule has 1 unspecified atom stereocenters. The number of benzene rings is 1. The van der Waals surface area contributed by atoms with Crippen LogP contribution < -0.4 is 11.5 Å². The van der Waals surface area contributed by atoms with Gasteiger partial charge in [0, 0.05) is 18.3 Å². The Morgan fingerprint density at radius 3 is 2.90 bits per heavy atom. The quantitative estimate of drug-likeness (QED) is 0.599. The molecular formula is C14H17N3O3. The highest BCUT2D eigenvalue weighted by atomic mass is 16.5. The molecule has 1 aromatic rings. The Morgan fingerprint density at radius 1 is 1.40 bits per heavy atom. The summed E-state index contributed by atoms with van der Waals surface area (Å²) >= 11 is 0. The minimum Gasteiger partial charge on any atom is -0.399 e. The Bertz CT molecular complexity index is 542. The predicted molar refractivity (Wildman–Crippen MR) is 75.4 cm³/mol. The number of amides is 2. The third-order valence-corrected chi connectivity index (χ3v) is 3.07. The van der Waals surface area contributed by atoms with E-state index in [1.807, 2.05) is 6.07 Å². The van der Waals surface area contributed by atoms with Gasteiger partial charge in [-0.15, -0.1) is 0 Å². The van der Waals surface area contributed by atoms with Gasteiger partial charge in [-0.25, -0.2) is 0 Å². The van der Waals surface area contributed by atoms with Gasteiger partial charge in [-0.1, -0.05) is 12.1 Å². The summed E-state index contributed by atoms with van der Waals surface area (Å²) in [6, 6.07) is 6.46. The molecule has 0 saturated carbocycles. The number of carbonyl (C=O) groups is 2. The number of morpholine rings is 1. The molecular weight excluding hydrogens is 258 g/mol. The topological polar surface area (TPSA) is 98.7 Å². The van der Waals surface area contributed by atoms with E-state index in [0.717, 1.165) is 5.56 Å². The van der Waals surface area contributed by atoms with Crippen LogP contribution in [0.4, 0.5) is 5.69 Å². The molecule has 0 bridgehead atoms. The molecule has 1 fully saturated rings. The molecule has 4 N–H and O–H groups in total. The maximum atomic E-state index is 12.1. The van der Waals surface area contributed by atoms with Gasteiger partial charge < -0.3 is 21.1 Å². The number of nitrogens with zero attached hydrogens (tertiary/aromatic N) is 1. The number of nitrogen functional groups attached to an aromatic ring is 1. The first-order valence-corrected chi connectivity index (χ1v) is 6.29. The Morgan fingerprint density at radius 2 is 2.20 bits per heavy atom. The van der Waals surface area contributed by atoms with Crippen molar-refractivity contribution in [1.29, 1.82) is 0 Å².